The quantitative estimate of drug-likeness (QED) is 0.714. The average Bonchev–Trinajstić information content (AvgIpc) is 2.44. The normalized spacial score (nSPS) is 16.5. The molecular formula is C16H22BrClN2O3. The van der Waals surface area contributed by atoms with Crippen molar-refractivity contribution in [3.8, 4) is 0 Å². The van der Waals surface area contributed by atoms with E-state index in [0.717, 1.165) is 23.1 Å². The Labute approximate surface area is 151 Å². The highest BCUT2D eigenvalue weighted by molar-refractivity contribution is 9.10. The van der Waals surface area contributed by atoms with Crippen molar-refractivity contribution >= 4 is 40.2 Å². The molecule has 0 aliphatic carbocycles. The van der Waals surface area contributed by atoms with Gasteiger partial charge in [0, 0.05) is 10.4 Å². The zero-order valence-electron chi connectivity index (χ0n) is 13.2. The van der Waals surface area contributed by atoms with E-state index in [9.17, 15) is 9.59 Å². The predicted octanol–water partition coefficient (Wildman–Crippen LogP) is 2.45. The molecule has 1 aliphatic heterocycles. The summed E-state index contributed by atoms with van der Waals surface area (Å²) in [5, 5.41) is 6.16. The first-order valence-corrected chi connectivity index (χ1v) is 8.14. The Bertz CT molecular complexity index is 552. The fraction of sp³-hybridized carbons (Fsp3) is 0.500. The Morgan fingerprint density at radius 3 is 2.65 bits per heavy atom. The van der Waals surface area contributed by atoms with Crippen molar-refractivity contribution in [3.63, 3.8) is 0 Å². The molecule has 0 saturated carbocycles. The number of benzene rings is 1. The molecule has 1 amide bonds. The highest BCUT2D eigenvalue weighted by Gasteiger charge is 2.30. The van der Waals surface area contributed by atoms with Gasteiger partial charge in [-0.3, -0.25) is 9.59 Å². The molecular weight excluding hydrogens is 384 g/mol. The lowest BCUT2D eigenvalue weighted by molar-refractivity contribution is -0.141. The summed E-state index contributed by atoms with van der Waals surface area (Å²) in [6, 6.07) is 7.21. The third kappa shape index (κ3) is 5.48. The molecule has 0 spiro atoms. The molecule has 5 nitrogen and oxygen atoms in total. The minimum Gasteiger partial charge on any atom is -0.469 e. The Balaban J connectivity index is 0.00000264. The van der Waals surface area contributed by atoms with E-state index in [0.29, 0.717) is 5.92 Å². The third-order valence-corrected chi connectivity index (χ3v) is 4.59. The molecule has 7 heteroatoms. The Hall–Kier alpha value is -1.11. The van der Waals surface area contributed by atoms with Gasteiger partial charge >= 0.3 is 5.97 Å². The lowest BCUT2D eigenvalue weighted by Crippen LogP contribution is -2.50. The van der Waals surface area contributed by atoms with Gasteiger partial charge in [-0.1, -0.05) is 35.0 Å². The summed E-state index contributed by atoms with van der Waals surface area (Å²) in [6.45, 7) is 3.66. The molecule has 1 fully saturated rings. The van der Waals surface area contributed by atoms with Gasteiger partial charge in [0.05, 0.1) is 19.6 Å². The van der Waals surface area contributed by atoms with E-state index < -0.39 is 0 Å². The molecule has 2 N–H and O–H groups in total. The zero-order valence-corrected chi connectivity index (χ0v) is 15.6. The molecule has 128 valence electrons. The maximum Gasteiger partial charge on any atom is 0.307 e. The van der Waals surface area contributed by atoms with Crippen molar-refractivity contribution < 1.29 is 14.3 Å². The lowest BCUT2D eigenvalue weighted by atomic mass is 9.88. The number of rotatable bonds is 6. The van der Waals surface area contributed by atoms with Crippen molar-refractivity contribution in [3.05, 3.63) is 34.3 Å². The highest BCUT2D eigenvalue weighted by atomic mass is 79.9. The molecule has 1 heterocycles. The highest BCUT2D eigenvalue weighted by Crippen LogP contribution is 2.23. The number of ether oxygens (including phenoxy) is 1. The van der Waals surface area contributed by atoms with Crippen LogP contribution in [0.5, 0.6) is 0 Å². The van der Waals surface area contributed by atoms with Crippen molar-refractivity contribution in [1.82, 2.24) is 10.6 Å². The van der Waals surface area contributed by atoms with Crippen LogP contribution in [-0.4, -0.2) is 32.1 Å². The SMILES string of the molecule is COC(=O)CC(NC(=O)C(C)C1CNC1)c1cccc(Br)c1.Cl. The van der Waals surface area contributed by atoms with Gasteiger partial charge in [0.2, 0.25) is 5.91 Å². The number of esters is 1. The number of carbonyl (C=O) groups excluding carboxylic acids is 2. The van der Waals surface area contributed by atoms with Gasteiger partial charge in [-0.2, -0.15) is 0 Å². The van der Waals surface area contributed by atoms with Crippen LogP contribution in [0.3, 0.4) is 0 Å². The first-order valence-electron chi connectivity index (χ1n) is 7.34. The van der Waals surface area contributed by atoms with Crippen LogP contribution in [0.4, 0.5) is 0 Å². The van der Waals surface area contributed by atoms with Gasteiger partial charge in [0.15, 0.2) is 0 Å². The second-order valence-corrected chi connectivity index (χ2v) is 6.52. The van der Waals surface area contributed by atoms with E-state index in [2.05, 4.69) is 26.6 Å². The minimum absolute atomic E-state index is 0. The smallest absolute Gasteiger partial charge is 0.307 e. The Morgan fingerprint density at radius 2 is 2.13 bits per heavy atom. The molecule has 0 radical (unpaired) electrons. The molecule has 1 aromatic rings. The average molecular weight is 406 g/mol. The summed E-state index contributed by atoms with van der Waals surface area (Å²) < 4.78 is 5.65. The number of amides is 1. The van der Waals surface area contributed by atoms with Crippen LogP contribution in [0, 0.1) is 11.8 Å². The lowest BCUT2D eigenvalue weighted by Gasteiger charge is -2.32. The summed E-state index contributed by atoms with van der Waals surface area (Å²) in [4.78, 5) is 24.1. The van der Waals surface area contributed by atoms with Crippen LogP contribution in [0.1, 0.15) is 24.9 Å². The summed E-state index contributed by atoms with van der Waals surface area (Å²) in [6.07, 6.45) is 0.119. The Morgan fingerprint density at radius 1 is 1.43 bits per heavy atom. The second-order valence-electron chi connectivity index (χ2n) is 5.60. The van der Waals surface area contributed by atoms with Gasteiger partial charge in [0.1, 0.15) is 0 Å². The number of nitrogens with one attached hydrogen (secondary N) is 2. The molecule has 23 heavy (non-hydrogen) atoms. The molecule has 2 rings (SSSR count). The van der Waals surface area contributed by atoms with E-state index in [1.165, 1.54) is 7.11 Å². The minimum atomic E-state index is -0.382. The van der Waals surface area contributed by atoms with Crippen LogP contribution in [-0.2, 0) is 14.3 Å². The first kappa shape index (κ1) is 19.9. The van der Waals surface area contributed by atoms with Crippen molar-refractivity contribution in [1.29, 1.82) is 0 Å². The van der Waals surface area contributed by atoms with Gasteiger partial charge < -0.3 is 15.4 Å². The topological polar surface area (TPSA) is 67.4 Å². The van der Waals surface area contributed by atoms with Crippen molar-refractivity contribution in [2.75, 3.05) is 20.2 Å². The van der Waals surface area contributed by atoms with Crippen LogP contribution in [0.15, 0.2) is 28.7 Å². The number of hydrogen-bond acceptors (Lipinski definition) is 4. The summed E-state index contributed by atoms with van der Waals surface area (Å²) in [5.74, 6) is -0.0848. The van der Waals surface area contributed by atoms with Crippen LogP contribution < -0.4 is 10.6 Å². The number of halogens is 2. The van der Waals surface area contributed by atoms with E-state index in [4.69, 9.17) is 4.74 Å². The zero-order chi connectivity index (χ0) is 16.1. The van der Waals surface area contributed by atoms with Crippen LogP contribution in [0.2, 0.25) is 0 Å². The fourth-order valence-electron chi connectivity index (χ4n) is 2.41. The number of methoxy groups -OCH3 is 1. The maximum absolute atomic E-state index is 12.4. The summed E-state index contributed by atoms with van der Waals surface area (Å²) in [7, 11) is 1.35. The van der Waals surface area contributed by atoms with Gasteiger partial charge in [-0.15, -0.1) is 12.4 Å². The third-order valence-electron chi connectivity index (χ3n) is 4.10. The molecule has 0 aromatic heterocycles. The van der Waals surface area contributed by atoms with Gasteiger partial charge in [-0.05, 0) is 36.7 Å². The van der Waals surface area contributed by atoms with E-state index in [-0.39, 0.29) is 42.7 Å². The van der Waals surface area contributed by atoms with Crippen molar-refractivity contribution in [2.45, 2.75) is 19.4 Å². The monoisotopic (exact) mass is 404 g/mol. The van der Waals surface area contributed by atoms with Gasteiger partial charge in [-0.25, -0.2) is 0 Å². The molecule has 1 aromatic carbocycles. The molecule has 1 saturated heterocycles. The standard InChI is InChI=1S/C16H21BrN2O3.ClH/c1-10(12-8-18-9-12)16(21)19-14(7-15(20)22-2)11-4-3-5-13(17)6-11;/h3-6,10,12,14,18H,7-9H2,1-2H3,(H,19,21);1H. The molecule has 2 unspecified atom stereocenters. The summed E-state index contributed by atoms with van der Waals surface area (Å²) >= 11 is 3.42. The van der Waals surface area contributed by atoms with E-state index >= 15 is 0 Å². The predicted molar refractivity (Wildman–Crippen MR) is 94.4 cm³/mol. The van der Waals surface area contributed by atoms with Crippen LogP contribution in [0.25, 0.3) is 0 Å². The molecule has 1 aliphatic rings. The largest absolute Gasteiger partial charge is 0.469 e. The first-order chi connectivity index (χ1) is 10.5. The van der Waals surface area contributed by atoms with Gasteiger partial charge in [0.25, 0.3) is 0 Å². The summed E-state index contributed by atoms with van der Waals surface area (Å²) in [5.41, 5.74) is 0.882. The number of hydrogen-bond donors (Lipinski definition) is 2. The Kier molecular flexibility index (Phi) is 8.02. The van der Waals surface area contributed by atoms with E-state index in [1.54, 1.807) is 0 Å². The second kappa shape index (κ2) is 9.25. The maximum atomic E-state index is 12.4. The van der Waals surface area contributed by atoms with Crippen LogP contribution >= 0.6 is 28.3 Å². The molecule has 0 bridgehead atoms. The molecule has 2 atom stereocenters. The van der Waals surface area contributed by atoms with Crippen molar-refractivity contribution in [2.24, 2.45) is 11.8 Å². The van der Waals surface area contributed by atoms with E-state index in [1.807, 2.05) is 31.2 Å². The fourth-order valence-corrected chi connectivity index (χ4v) is 2.82. The number of carbonyl (C=O) groups is 2.